The van der Waals surface area contributed by atoms with Crippen LogP contribution < -0.4 is 5.32 Å². The topological polar surface area (TPSA) is 116 Å². The maximum absolute atomic E-state index is 12.2. The smallest absolute Gasteiger partial charge is 0.271 e. The van der Waals surface area contributed by atoms with E-state index in [1.54, 1.807) is 17.7 Å². The van der Waals surface area contributed by atoms with Crippen molar-refractivity contribution in [1.82, 2.24) is 14.8 Å². The number of benzene rings is 2. The van der Waals surface area contributed by atoms with Crippen LogP contribution in [-0.2, 0) is 11.8 Å². The molecule has 0 saturated carbocycles. The zero-order valence-electron chi connectivity index (χ0n) is 15.2. The Balaban J connectivity index is 1.43. The number of amides is 1. The molecule has 146 valence electrons. The lowest BCUT2D eigenvalue weighted by Crippen LogP contribution is -2.14. The van der Waals surface area contributed by atoms with Gasteiger partial charge in [0, 0.05) is 30.3 Å². The number of carbonyl (C=O) groups excluding carboxylic acids is 1. The number of nitro groups is 1. The van der Waals surface area contributed by atoms with E-state index in [2.05, 4.69) is 15.5 Å². The average molecular weight is 409 g/mol. The molecular weight excluding hydrogens is 394 g/mol. The first-order valence-electron chi connectivity index (χ1n) is 8.57. The summed E-state index contributed by atoms with van der Waals surface area (Å²) in [6, 6.07) is 15.3. The van der Waals surface area contributed by atoms with Crippen LogP contribution in [0.15, 0.2) is 64.2 Å². The predicted molar refractivity (Wildman–Crippen MR) is 109 cm³/mol. The van der Waals surface area contributed by atoms with Crippen molar-refractivity contribution in [1.29, 1.82) is 0 Å². The van der Waals surface area contributed by atoms with E-state index < -0.39 is 4.92 Å². The van der Waals surface area contributed by atoms with Gasteiger partial charge in [-0.25, -0.2) is 0 Å². The number of nitrogens with zero attached hydrogens (tertiary/aromatic N) is 4. The van der Waals surface area contributed by atoms with Crippen molar-refractivity contribution in [2.45, 2.75) is 5.16 Å². The molecule has 4 rings (SSSR count). The Bertz CT molecular complexity index is 1180. The van der Waals surface area contributed by atoms with Crippen molar-refractivity contribution >= 4 is 40.0 Å². The van der Waals surface area contributed by atoms with Gasteiger partial charge in [-0.2, -0.15) is 0 Å². The maximum atomic E-state index is 12.2. The summed E-state index contributed by atoms with van der Waals surface area (Å²) in [6.07, 6.45) is 0. The first-order chi connectivity index (χ1) is 14.0. The highest BCUT2D eigenvalue weighted by Crippen LogP contribution is 2.28. The number of nitro benzene ring substituents is 1. The van der Waals surface area contributed by atoms with E-state index in [1.165, 1.54) is 30.0 Å². The number of thioether (sulfide) groups is 1. The molecule has 9 nitrogen and oxygen atoms in total. The van der Waals surface area contributed by atoms with Crippen molar-refractivity contribution in [2.24, 2.45) is 7.05 Å². The summed E-state index contributed by atoms with van der Waals surface area (Å²) in [6.45, 7) is 0. The number of para-hydroxylation sites is 1. The number of carbonyl (C=O) groups is 1. The molecule has 2 aromatic heterocycles. The second kappa shape index (κ2) is 7.76. The Kier molecular flexibility index (Phi) is 5.00. The first kappa shape index (κ1) is 18.7. The molecule has 1 N–H and O–H groups in total. The third kappa shape index (κ3) is 3.97. The van der Waals surface area contributed by atoms with Crippen molar-refractivity contribution in [3.8, 4) is 11.6 Å². The summed E-state index contributed by atoms with van der Waals surface area (Å²) in [4.78, 5) is 22.5. The molecule has 29 heavy (non-hydrogen) atoms. The second-order valence-electron chi connectivity index (χ2n) is 6.16. The minimum absolute atomic E-state index is 0.0782. The number of aromatic nitrogens is 3. The quantitative estimate of drug-likeness (QED) is 0.292. The lowest BCUT2D eigenvalue weighted by Gasteiger charge is -2.05. The Morgan fingerprint density at radius 3 is 2.83 bits per heavy atom. The molecule has 0 spiro atoms. The van der Waals surface area contributed by atoms with Gasteiger partial charge in [0.1, 0.15) is 5.58 Å². The molecule has 0 aliphatic heterocycles. The highest BCUT2D eigenvalue weighted by atomic mass is 32.2. The van der Waals surface area contributed by atoms with Crippen LogP contribution in [0.25, 0.3) is 22.6 Å². The van der Waals surface area contributed by atoms with E-state index in [9.17, 15) is 14.9 Å². The molecule has 0 aliphatic carbocycles. The van der Waals surface area contributed by atoms with Crippen molar-refractivity contribution in [2.75, 3.05) is 11.1 Å². The normalized spacial score (nSPS) is 10.9. The summed E-state index contributed by atoms with van der Waals surface area (Å²) in [5.41, 5.74) is 1.04. The largest absolute Gasteiger partial charge is 0.453 e. The Labute approximate surface area is 168 Å². The molecule has 0 aliphatic rings. The number of nitrogens with one attached hydrogen (secondary N) is 1. The van der Waals surface area contributed by atoms with Crippen LogP contribution in [0.1, 0.15) is 0 Å². The lowest BCUT2D eigenvalue weighted by atomic mass is 10.2. The third-order valence-corrected chi connectivity index (χ3v) is 5.17. The van der Waals surface area contributed by atoms with Crippen LogP contribution in [-0.4, -0.2) is 31.3 Å². The monoisotopic (exact) mass is 409 g/mol. The van der Waals surface area contributed by atoms with Crippen molar-refractivity contribution < 1.29 is 14.1 Å². The van der Waals surface area contributed by atoms with Gasteiger partial charge in [0.2, 0.25) is 5.91 Å². The Morgan fingerprint density at radius 1 is 1.21 bits per heavy atom. The molecule has 0 bridgehead atoms. The molecule has 1 amide bonds. The first-order valence-corrected chi connectivity index (χ1v) is 9.55. The van der Waals surface area contributed by atoms with E-state index >= 15 is 0 Å². The SMILES string of the molecule is Cn1c(SCC(=O)Nc2cccc([N+](=O)[O-])c2)nnc1-c1cc2ccccc2o1. The highest BCUT2D eigenvalue weighted by Gasteiger charge is 2.16. The highest BCUT2D eigenvalue weighted by molar-refractivity contribution is 7.99. The molecule has 0 atom stereocenters. The molecule has 0 radical (unpaired) electrons. The Hall–Kier alpha value is -3.66. The van der Waals surface area contributed by atoms with E-state index in [1.807, 2.05) is 30.3 Å². The molecule has 0 unspecified atom stereocenters. The van der Waals surface area contributed by atoms with E-state index in [0.29, 0.717) is 22.4 Å². The number of fused-ring (bicyclic) bond motifs is 1. The van der Waals surface area contributed by atoms with Gasteiger partial charge >= 0.3 is 0 Å². The fourth-order valence-corrected chi connectivity index (χ4v) is 3.48. The minimum atomic E-state index is -0.510. The number of anilines is 1. The fourth-order valence-electron chi connectivity index (χ4n) is 2.77. The van der Waals surface area contributed by atoms with Gasteiger partial charge in [-0.3, -0.25) is 14.9 Å². The van der Waals surface area contributed by atoms with Crippen LogP contribution in [0.3, 0.4) is 0 Å². The Morgan fingerprint density at radius 2 is 2.03 bits per heavy atom. The van der Waals surface area contributed by atoms with Gasteiger partial charge in [0.15, 0.2) is 16.7 Å². The molecule has 0 fully saturated rings. The van der Waals surface area contributed by atoms with Gasteiger partial charge in [0.05, 0.1) is 10.7 Å². The molecule has 2 aromatic carbocycles. The lowest BCUT2D eigenvalue weighted by molar-refractivity contribution is -0.384. The standard InChI is InChI=1S/C19H15N5O4S/c1-23-18(16-9-12-5-2-3-8-15(12)28-16)21-22-19(23)29-11-17(25)20-13-6-4-7-14(10-13)24(26)27/h2-10H,11H2,1H3,(H,20,25). The number of furan rings is 1. The summed E-state index contributed by atoms with van der Waals surface area (Å²) in [7, 11) is 1.79. The summed E-state index contributed by atoms with van der Waals surface area (Å²) < 4.78 is 7.57. The van der Waals surface area contributed by atoms with Crippen LogP contribution in [0.2, 0.25) is 0 Å². The predicted octanol–water partition coefficient (Wildman–Crippen LogP) is 3.87. The number of hydrogen-bond acceptors (Lipinski definition) is 7. The van der Waals surface area contributed by atoms with E-state index in [4.69, 9.17) is 4.42 Å². The molecular formula is C19H15N5O4S. The number of hydrogen-bond donors (Lipinski definition) is 1. The van der Waals surface area contributed by atoms with Crippen molar-refractivity contribution in [3.05, 3.63) is 64.7 Å². The second-order valence-corrected chi connectivity index (χ2v) is 7.10. The van der Waals surface area contributed by atoms with Crippen LogP contribution in [0.4, 0.5) is 11.4 Å². The minimum Gasteiger partial charge on any atom is -0.453 e. The van der Waals surface area contributed by atoms with Crippen molar-refractivity contribution in [3.63, 3.8) is 0 Å². The molecule has 0 saturated heterocycles. The summed E-state index contributed by atoms with van der Waals surface area (Å²) in [5.74, 6) is 0.926. The van der Waals surface area contributed by atoms with Crippen LogP contribution in [0.5, 0.6) is 0 Å². The van der Waals surface area contributed by atoms with Gasteiger partial charge in [-0.05, 0) is 18.2 Å². The summed E-state index contributed by atoms with van der Waals surface area (Å²) >= 11 is 1.21. The fraction of sp³-hybridized carbons (Fsp3) is 0.105. The number of rotatable bonds is 6. The van der Waals surface area contributed by atoms with Gasteiger partial charge in [-0.1, -0.05) is 36.0 Å². The van der Waals surface area contributed by atoms with E-state index in [-0.39, 0.29) is 17.3 Å². The molecule has 2 heterocycles. The van der Waals surface area contributed by atoms with Gasteiger partial charge < -0.3 is 14.3 Å². The van der Waals surface area contributed by atoms with Gasteiger partial charge in [-0.15, -0.1) is 10.2 Å². The maximum Gasteiger partial charge on any atom is 0.271 e. The average Bonchev–Trinajstić information content (AvgIpc) is 3.29. The molecule has 4 aromatic rings. The van der Waals surface area contributed by atoms with Crippen LogP contribution in [0, 0.1) is 10.1 Å². The van der Waals surface area contributed by atoms with Crippen LogP contribution >= 0.6 is 11.8 Å². The molecule has 10 heteroatoms. The van der Waals surface area contributed by atoms with Gasteiger partial charge in [0.25, 0.3) is 5.69 Å². The zero-order chi connectivity index (χ0) is 20.4. The zero-order valence-corrected chi connectivity index (χ0v) is 16.0. The third-order valence-electron chi connectivity index (χ3n) is 4.15. The number of non-ortho nitro benzene ring substituents is 1. The summed E-state index contributed by atoms with van der Waals surface area (Å²) in [5, 5.41) is 23.3. The van der Waals surface area contributed by atoms with E-state index in [0.717, 1.165) is 11.0 Å².